The van der Waals surface area contributed by atoms with E-state index in [4.69, 9.17) is 16.3 Å². The van der Waals surface area contributed by atoms with Crippen LogP contribution in [0.25, 0.3) is 0 Å². The second kappa shape index (κ2) is 6.72. The zero-order valence-corrected chi connectivity index (χ0v) is 14.2. The first-order valence-corrected chi connectivity index (χ1v) is 8.64. The predicted octanol–water partition coefficient (Wildman–Crippen LogP) is 3.92. The molecule has 120 valence electrons. The Morgan fingerprint density at radius 1 is 1.35 bits per heavy atom. The van der Waals surface area contributed by atoms with Gasteiger partial charge in [0.2, 0.25) is 0 Å². The first kappa shape index (κ1) is 16.0. The van der Waals surface area contributed by atoms with Gasteiger partial charge in [0.1, 0.15) is 11.8 Å². The molecule has 1 aliphatic heterocycles. The summed E-state index contributed by atoms with van der Waals surface area (Å²) in [7, 11) is 0. The average Bonchev–Trinajstić information content (AvgIpc) is 3.20. The maximum atomic E-state index is 12.5. The molecule has 1 saturated heterocycles. The fourth-order valence-electron chi connectivity index (χ4n) is 2.70. The lowest BCUT2D eigenvalue weighted by atomic mass is 10.2. The number of carbonyl (C=O) groups excluding carboxylic acids is 2. The number of nitrogens with zero attached hydrogens (tertiary/aromatic N) is 1. The van der Waals surface area contributed by atoms with E-state index in [-0.39, 0.29) is 5.91 Å². The molecule has 0 aliphatic carbocycles. The molecule has 6 heteroatoms. The summed E-state index contributed by atoms with van der Waals surface area (Å²) in [5.74, 6) is -0.0140. The quantitative estimate of drug-likeness (QED) is 0.623. The molecular weight excluding hydrogens is 334 g/mol. The summed E-state index contributed by atoms with van der Waals surface area (Å²) >= 11 is 7.29. The molecular formula is C17H16ClNO3S. The van der Waals surface area contributed by atoms with E-state index in [1.165, 1.54) is 11.3 Å². The van der Waals surface area contributed by atoms with Gasteiger partial charge in [0, 0.05) is 11.6 Å². The molecule has 1 fully saturated rings. The fourth-order valence-corrected chi connectivity index (χ4v) is 3.61. The number of rotatable bonds is 3. The SMILES string of the molecule is Cc1cc(Cl)ccc1OC(=O)C1CCCN1C(=O)c1cccs1. The Bertz CT molecular complexity index is 729. The molecule has 0 spiro atoms. The van der Waals surface area contributed by atoms with Crippen LogP contribution < -0.4 is 4.74 Å². The number of benzene rings is 1. The number of amides is 1. The molecule has 23 heavy (non-hydrogen) atoms. The van der Waals surface area contributed by atoms with Gasteiger partial charge in [-0.2, -0.15) is 0 Å². The predicted molar refractivity (Wildman–Crippen MR) is 90.2 cm³/mol. The maximum absolute atomic E-state index is 12.5. The molecule has 1 aliphatic rings. The van der Waals surface area contributed by atoms with Crippen molar-refractivity contribution >= 4 is 34.8 Å². The normalized spacial score (nSPS) is 17.3. The Hall–Kier alpha value is -1.85. The van der Waals surface area contributed by atoms with E-state index in [0.29, 0.717) is 28.6 Å². The van der Waals surface area contributed by atoms with Crippen molar-refractivity contribution < 1.29 is 14.3 Å². The van der Waals surface area contributed by atoms with Crippen LogP contribution in [-0.2, 0) is 4.79 Å². The first-order chi connectivity index (χ1) is 11.1. The molecule has 1 aromatic carbocycles. The van der Waals surface area contributed by atoms with Crippen molar-refractivity contribution in [2.45, 2.75) is 25.8 Å². The van der Waals surface area contributed by atoms with E-state index in [9.17, 15) is 9.59 Å². The largest absolute Gasteiger partial charge is 0.425 e. The molecule has 0 saturated carbocycles. The van der Waals surface area contributed by atoms with E-state index in [1.807, 2.05) is 18.4 Å². The molecule has 0 N–H and O–H groups in total. The van der Waals surface area contributed by atoms with Crippen LogP contribution in [0.2, 0.25) is 5.02 Å². The summed E-state index contributed by atoms with van der Waals surface area (Å²) in [5.41, 5.74) is 0.792. The van der Waals surface area contributed by atoms with Crippen LogP contribution >= 0.6 is 22.9 Å². The third-order valence-corrected chi connectivity index (χ3v) is 4.96. The molecule has 0 radical (unpaired) electrons. The van der Waals surface area contributed by atoms with Crippen LogP contribution in [0.5, 0.6) is 5.75 Å². The van der Waals surface area contributed by atoms with Crippen molar-refractivity contribution in [2.24, 2.45) is 0 Å². The summed E-state index contributed by atoms with van der Waals surface area (Å²) in [4.78, 5) is 27.2. The number of likely N-dealkylation sites (tertiary alicyclic amines) is 1. The maximum Gasteiger partial charge on any atom is 0.334 e. The van der Waals surface area contributed by atoms with E-state index in [2.05, 4.69) is 0 Å². The second-order valence-electron chi connectivity index (χ2n) is 5.46. The minimum absolute atomic E-state index is 0.104. The van der Waals surface area contributed by atoms with Crippen molar-refractivity contribution in [1.29, 1.82) is 0 Å². The minimum Gasteiger partial charge on any atom is -0.425 e. The van der Waals surface area contributed by atoms with Gasteiger partial charge in [-0.25, -0.2) is 4.79 Å². The summed E-state index contributed by atoms with van der Waals surface area (Å²) in [5, 5.41) is 2.45. The second-order valence-corrected chi connectivity index (χ2v) is 6.85. The topological polar surface area (TPSA) is 46.6 Å². The summed E-state index contributed by atoms with van der Waals surface area (Å²) in [6, 6.07) is 8.18. The van der Waals surface area contributed by atoms with Gasteiger partial charge in [0.15, 0.2) is 0 Å². The van der Waals surface area contributed by atoms with Crippen molar-refractivity contribution in [1.82, 2.24) is 4.90 Å². The first-order valence-electron chi connectivity index (χ1n) is 7.38. The molecule has 0 bridgehead atoms. The van der Waals surface area contributed by atoms with E-state index in [0.717, 1.165) is 12.0 Å². The third-order valence-electron chi connectivity index (χ3n) is 3.87. The van der Waals surface area contributed by atoms with E-state index >= 15 is 0 Å². The lowest BCUT2D eigenvalue weighted by molar-refractivity contribution is -0.138. The number of hydrogen-bond donors (Lipinski definition) is 0. The lowest BCUT2D eigenvalue weighted by Gasteiger charge is -2.23. The fraction of sp³-hybridized carbons (Fsp3) is 0.294. The third kappa shape index (κ3) is 3.41. The number of halogens is 1. The van der Waals surface area contributed by atoms with Crippen molar-refractivity contribution in [3.63, 3.8) is 0 Å². The van der Waals surface area contributed by atoms with Crippen LogP contribution in [0.15, 0.2) is 35.7 Å². The smallest absolute Gasteiger partial charge is 0.334 e. The number of thiophene rings is 1. The molecule has 1 aromatic heterocycles. The Kier molecular flexibility index (Phi) is 4.68. The zero-order valence-electron chi connectivity index (χ0n) is 12.6. The van der Waals surface area contributed by atoms with Gasteiger partial charge in [0.05, 0.1) is 4.88 Å². The summed E-state index contributed by atoms with van der Waals surface area (Å²) in [6.07, 6.45) is 1.43. The molecule has 1 unspecified atom stereocenters. The number of hydrogen-bond acceptors (Lipinski definition) is 4. The molecule has 2 aromatic rings. The number of ether oxygens (including phenoxy) is 1. The standard InChI is InChI=1S/C17H16ClNO3S/c1-11-10-12(18)6-7-14(11)22-17(21)13-4-2-8-19(13)16(20)15-5-3-9-23-15/h3,5-7,9-10,13H,2,4,8H2,1H3. The van der Waals surface area contributed by atoms with Crippen LogP contribution in [0.3, 0.4) is 0 Å². The molecule has 1 atom stereocenters. The number of aryl methyl sites for hydroxylation is 1. The van der Waals surface area contributed by atoms with Gasteiger partial charge in [-0.15, -0.1) is 11.3 Å². The Morgan fingerprint density at radius 3 is 2.87 bits per heavy atom. The monoisotopic (exact) mass is 349 g/mol. The van der Waals surface area contributed by atoms with Gasteiger partial charge in [-0.05, 0) is 55.0 Å². The van der Waals surface area contributed by atoms with Crippen molar-refractivity contribution in [3.8, 4) is 5.75 Å². The van der Waals surface area contributed by atoms with Crippen LogP contribution in [0.4, 0.5) is 0 Å². The molecule has 3 rings (SSSR count). The molecule has 4 nitrogen and oxygen atoms in total. The van der Waals surface area contributed by atoms with E-state index in [1.54, 1.807) is 29.2 Å². The highest BCUT2D eigenvalue weighted by atomic mass is 35.5. The average molecular weight is 350 g/mol. The van der Waals surface area contributed by atoms with Gasteiger partial charge in [0.25, 0.3) is 5.91 Å². The van der Waals surface area contributed by atoms with Crippen LogP contribution in [0, 0.1) is 6.92 Å². The van der Waals surface area contributed by atoms with E-state index < -0.39 is 12.0 Å². The highest BCUT2D eigenvalue weighted by molar-refractivity contribution is 7.12. The zero-order chi connectivity index (χ0) is 16.4. The summed E-state index contributed by atoms with van der Waals surface area (Å²) < 4.78 is 5.49. The Balaban J connectivity index is 1.74. The van der Waals surface area contributed by atoms with Crippen LogP contribution in [-0.4, -0.2) is 29.4 Å². The van der Waals surface area contributed by atoms with Gasteiger partial charge in [-0.1, -0.05) is 17.7 Å². The Morgan fingerprint density at radius 2 is 2.17 bits per heavy atom. The summed E-state index contributed by atoms with van der Waals surface area (Å²) in [6.45, 7) is 2.41. The van der Waals surface area contributed by atoms with Crippen LogP contribution in [0.1, 0.15) is 28.1 Å². The molecule has 1 amide bonds. The molecule has 2 heterocycles. The number of carbonyl (C=O) groups is 2. The van der Waals surface area contributed by atoms with Gasteiger partial charge >= 0.3 is 5.97 Å². The Labute approximate surface area is 143 Å². The van der Waals surface area contributed by atoms with Gasteiger partial charge < -0.3 is 9.64 Å². The lowest BCUT2D eigenvalue weighted by Crippen LogP contribution is -2.42. The van der Waals surface area contributed by atoms with Crippen molar-refractivity contribution in [3.05, 3.63) is 51.2 Å². The number of esters is 1. The van der Waals surface area contributed by atoms with Gasteiger partial charge in [-0.3, -0.25) is 4.79 Å². The van der Waals surface area contributed by atoms with Crippen molar-refractivity contribution in [2.75, 3.05) is 6.54 Å². The highest BCUT2D eigenvalue weighted by Gasteiger charge is 2.36. The minimum atomic E-state index is -0.528. The highest BCUT2D eigenvalue weighted by Crippen LogP contribution is 2.26.